The van der Waals surface area contributed by atoms with E-state index in [2.05, 4.69) is 5.32 Å². The van der Waals surface area contributed by atoms with Crippen LogP contribution in [0.3, 0.4) is 0 Å². The summed E-state index contributed by atoms with van der Waals surface area (Å²) >= 11 is 0. The van der Waals surface area contributed by atoms with Gasteiger partial charge in [-0.3, -0.25) is 4.79 Å². The largest absolute Gasteiger partial charge is 0.344 e. The molecule has 2 aliphatic heterocycles. The molecule has 2 rings (SSSR count). The van der Waals surface area contributed by atoms with E-state index in [-0.39, 0.29) is 5.54 Å². The molecule has 2 heterocycles. The molecule has 0 bridgehead atoms. The molecule has 0 aromatic carbocycles. The normalized spacial score (nSPS) is 35.5. The van der Waals surface area contributed by atoms with Gasteiger partial charge in [-0.15, -0.1) is 0 Å². The zero-order valence-electron chi connectivity index (χ0n) is 8.31. The van der Waals surface area contributed by atoms with Crippen molar-refractivity contribution in [2.24, 2.45) is 0 Å². The third-order valence-electron chi connectivity index (χ3n) is 3.37. The maximum absolute atomic E-state index is 11.9. The number of nitrogens with zero attached hydrogens (tertiary/aromatic N) is 1. The predicted molar refractivity (Wildman–Crippen MR) is 51.5 cm³/mol. The molecule has 3 heteroatoms. The van der Waals surface area contributed by atoms with Crippen LogP contribution in [0.2, 0.25) is 0 Å². The first-order chi connectivity index (χ1) is 6.25. The molecule has 0 aliphatic carbocycles. The summed E-state index contributed by atoms with van der Waals surface area (Å²) in [6.07, 6.45) is 5.73. The maximum atomic E-state index is 11.9. The van der Waals surface area contributed by atoms with Crippen LogP contribution in [0.5, 0.6) is 0 Å². The smallest absolute Gasteiger partial charge is 0.242 e. The van der Waals surface area contributed by atoms with Crippen molar-refractivity contribution in [3.63, 3.8) is 0 Å². The van der Waals surface area contributed by atoms with Crippen molar-refractivity contribution in [1.82, 2.24) is 10.2 Å². The Morgan fingerprint density at radius 3 is 2.85 bits per heavy atom. The summed E-state index contributed by atoms with van der Waals surface area (Å²) in [5.41, 5.74) is -0.175. The highest BCUT2D eigenvalue weighted by Gasteiger charge is 2.44. The van der Waals surface area contributed by atoms with E-state index in [0.717, 1.165) is 25.9 Å². The van der Waals surface area contributed by atoms with E-state index in [1.807, 2.05) is 11.9 Å². The zero-order valence-corrected chi connectivity index (χ0v) is 8.31. The minimum atomic E-state index is -0.175. The van der Waals surface area contributed by atoms with E-state index in [1.165, 1.54) is 19.3 Å². The second-order valence-corrected chi connectivity index (χ2v) is 4.30. The van der Waals surface area contributed by atoms with E-state index < -0.39 is 0 Å². The molecule has 1 atom stereocenters. The Hall–Kier alpha value is -0.570. The van der Waals surface area contributed by atoms with Gasteiger partial charge < -0.3 is 10.2 Å². The van der Waals surface area contributed by atoms with Crippen molar-refractivity contribution in [3.8, 4) is 0 Å². The first-order valence-electron chi connectivity index (χ1n) is 5.25. The standard InChI is InChI=1S/C10H18N2O/c1-12-8-6-10(9(12)13)5-3-2-4-7-11-10/h11H,2-8H2,1H3. The highest BCUT2D eigenvalue weighted by atomic mass is 16.2. The molecule has 3 nitrogen and oxygen atoms in total. The Labute approximate surface area is 79.5 Å². The van der Waals surface area contributed by atoms with Crippen LogP contribution in [-0.2, 0) is 4.79 Å². The van der Waals surface area contributed by atoms with Gasteiger partial charge in [0.2, 0.25) is 5.91 Å². The Kier molecular flexibility index (Phi) is 2.28. The fraction of sp³-hybridized carbons (Fsp3) is 0.900. The van der Waals surface area contributed by atoms with Crippen molar-refractivity contribution in [1.29, 1.82) is 0 Å². The minimum absolute atomic E-state index is 0.175. The van der Waals surface area contributed by atoms with Crippen LogP contribution < -0.4 is 5.32 Å². The number of likely N-dealkylation sites (N-methyl/N-ethyl adjacent to an activating group) is 1. The zero-order chi connectivity index (χ0) is 9.31. The number of rotatable bonds is 0. The van der Waals surface area contributed by atoms with E-state index >= 15 is 0 Å². The summed E-state index contributed by atoms with van der Waals surface area (Å²) in [4.78, 5) is 13.8. The maximum Gasteiger partial charge on any atom is 0.242 e. The first kappa shape index (κ1) is 9.00. The third kappa shape index (κ3) is 1.46. The van der Waals surface area contributed by atoms with Crippen molar-refractivity contribution < 1.29 is 4.79 Å². The SMILES string of the molecule is CN1CCC2(CCCCCN2)C1=O. The van der Waals surface area contributed by atoms with Crippen LogP contribution in [0.1, 0.15) is 32.1 Å². The van der Waals surface area contributed by atoms with Gasteiger partial charge in [-0.1, -0.05) is 12.8 Å². The van der Waals surface area contributed by atoms with Crippen LogP contribution in [0, 0.1) is 0 Å². The lowest BCUT2D eigenvalue weighted by molar-refractivity contribution is -0.132. The first-order valence-corrected chi connectivity index (χ1v) is 5.25. The molecule has 0 saturated carbocycles. The molecule has 1 amide bonds. The lowest BCUT2D eigenvalue weighted by Gasteiger charge is -2.26. The number of amides is 1. The van der Waals surface area contributed by atoms with Crippen LogP contribution in [0.15, 0.2) is 0 Å². The summed E-state index contributed by atoms with van der Waals surface area (Å²) in [5.74, 6) is 0.314. The summed E-state index contributed by atoms with van der Waals surface area (Å²) < 4.78 is 0. The average Bonchev–Trinajstić information content (AvgIpc) is 2.38. The van der Waals surface area contributed by atoms with Gasteiger partial charge in [0.25, 0.3) is 0 Å². The van der Waals surface area contributed by atoms with Gasteiger partial charge in [-0.05, 0) is 25.8 Å². The quantitative estimate of drug-likeness (QED) is 0.599. The van der Waals surface area contributed by atoms with Crippen molar-refractivity contribution in [2.45, 2.75) is 37.6 Å². The number of carbonyl (C=O) groups is 1. The topological polar surface area (TPSA) is 32.3 Å². The molecule has 0 aromatic rings. The second kappa shape index (κ2) is 3.29. The summed E-state index contributed by atoms with van der Waals surface area (Å²) in [6, 6.07) is 0. The third-order valence-corrected chi connectivity index (χ3v) is 3.37. The molecule has 2 aliphatic rings. The van der Waals surface area contributed by atoms with E-state index in [0.29, 0.717) is 5.91 Å². The van der Waals surface area contributed by atoms with Gasteiger partial charge in [-0.2, -0.15) is 0 Å². The van der Waals surface area contributed by atoms with E-state index in [9.17, 15) is 4.79 Å². The van der Waals surface area contributed by atoms with Crippen molar-refractivity contribution in [3.05, 3.63) is 0 Å². The second-order valence-electron chi connectivity index (χ2n) is 4.30. The van der Waals surface area contributed by atoms with Gasteiger partial charge in [0, 0.05) is 13.6 Å². The van der Waals surface area contributed by atoms with E-state index in [1.54, 1.807) is 0 Å². The van der Waals surface area contributed by atoms with Crippen LogP contribution in [0.4, 0.5) is 0 Å². The van der Waals surface area contributed by atoms with Gasteiger partial charge in [0.15, 0.2) is 0 Å². The van der Waals surface area contributed by atoms with Crippen LogP contribution in [-0.4, -0.2) is 36.5 Å². The summed E-state index contributed by atoms with van der Waals surface area (Å²) in [6.45, 7) is 1.94. The highest BCUT2D eigenvalue weighted by molar-refractivity contribution is 5.88. The number of hydrogen-bond acceptors (Lipinski definition) is 2. The Bertz CT molecular complexity index is 207. The number of nitrogens with one attached hydrogen (secondary N) is 1. The molecule has 2 saturated heterocycles. The summed E-state index contributed by atoms with van der Waals surface area (Å²) in [7, 11) is 1.91. The molecule has 0 aromatic heterocycles. The Balaban J connectivity index is 2.13. The lowest BCUT2D eigenvalue weighted by Crippen LogP contribution is -2.50. The molecule has 13 heavy (non-hydrogen) atoms. The van der Waals surface area contributed by atoms with Gasteiger partial charge in [0.05, 0.1) is 5.54 Å². The molecular weight excluding hydrogens is 164 g/mol. The van der Waals surface area contributed by atoms with Crippen molar-refractivity contribution in [2.75, 3.05) is 20.1 Å². The van der Waals surface area contributed by atoms with E-state index in [4.69, 9.17) is 0 Å². The number of carbonyl (C=O) groups excluding carboxylic acids is 1. The molecule has 1 spiro atoms. The molecule has 1 N–H and O–H groups in total. The Morgan fingerprint density at radius 1 is 1.31 bits per heavy atom. The van der Waals surface area contributed by atoms with Gasteiger partial charge in [-0.25, -0.2) is 0 Å². The molecule has 0 radical (unpaired) electrons. The highest BCUT2D eigenvalue weighted by Crippen LogP contribution is 2.29. The lowest BCUT2D eigenvalue weighted by atomic mass is 9.92. The van der Waals surface area contributed by atoms with Crippen molar-refractivity contribution >= 4 is 5.91 Å². The Morgan fingerprint density at radius 2 is 2.15 bits per heavy atom. The van der Waals surface area contributed by atoms with Crippen LogP contribution in [0.25, 0.3) is 0 Å². The fourth-order valence-electron chi connectivity index (χ4n) is 2.47. The molecule has 74 valence electrons. The number of hydrogen-bond donors (Lipinski definition) is 1. The van der Waals surface area contributed by atoms with Gasteiger partial charge >= 0.3 is 0 Å². The molecular formula is C10H18N2O. The number of likely N-dealkylation sites (tertiary alicyclic amines) is 1. The van der Waals surface area contributed by atoms with Crippen LogP contribution >= 0.6 is 0 Å². The van der Waals surface area contributed by atoms with Gasteiger partial charge in [0.1, 0.15) is 0 Å². The minimum Gasteiger partial charge on any atom is -0.344 e. The predicted octanol–water partition coefficient (Wildman–Crippen LogP) is 0.751. The summed E-state index contributed by atoms with van der Waals surface area (Å²) in [5, 5.41) is 3.45. The monoisotopic (exact) mass is 182 g/mol. The molecule has 2 fully saturated rings. The molecule has 1 unspecified atom stereocenters. The average molecular weight is 182 g/mol. The fourth-order valence-corrected chi connectivity index (χ4v) is 2.47.